The van der Waals surface area contributed by atoms with Gasteiger partial charge in [0, 0.05) is 18.3 Å². The van der Waals surface area contributed by atoms with Crippen molar-refractivity contribution >= 4 is 15.9 Å². The van der Waals surface area contributed by atoms with Crippen molar-refractivity contribution in [2.45, 2.75) is 20.0 Å². The van der Waals surface area contributed by atoms with E-state index in [4.69, 9.17) is 5.73 Å². The van der Waals surface area contributed by atoms with E-state index in [1.165, 1.54) is 12.1 Å². The summed E-state index contributed by atoms with van der Waals surface area (Å²) in [6.07, 6.45) is 1.61. The molecule has 0 amide bonds. The Balaban J connectivity index is 2.46. The van der Waals surface area contributed by atoms with Crippen molar-refractivity contribution in [2.24, 2.45) is 5.73 Å². The highest BCUT2D eigenvalue weighted by atomic mass is 79.9. The standard InChI is InChI=1S/C12H12BrF2N3/c1-7-17-5-8(4-16)18(7)6-9-11(14)3-2-10(13)12(9)15/h2-3,5H,4,6,16H2,1H3. The highest BCUT2D eigenvalue weighted by molar-refractivity contribution is 9.10. The van der Waals surface area contributed by atoms with Crippen LogP contribution in [0.5, 0.6) is 0 Å². The van der Waals surface area contributed by atoms with E-state index >= 15 is 0 Å². The van der Waals surface area contributed by atoms with E-state index in [1.54, 1.807) is 17.7 Å². The summed E-state index contributed by atoms with van der Waals surface area (Å²) in [7, 11) is 0. The third-order valence-electron chi connectivity index (χ3n) is 2.80. The van der Waals surface area contributed by atoms with Gasteiger partial charge in [0.1, 0.15) is 17.5 Å². The number of hydrogen-bond donors (Lipinski definition) is 1. The van der Waals surface area contributed by atoms with Crippen molar-refractivity contribution in [1.82, 2.24) is 9.55 Å². The molecule has 0 aliphatic heterocycles. The van der Waals surface area contributed by atoms with Gasteiger partial charge in [0.15, 0.2) is 0 Å². The quantitative estimate of drug-likeness (QED) is 0.885. The van der Waals surface area contributed by atoms with Crippen LogP contribution in [0.4, 0.5) is 8.78 Å². The van der Waals surface area contributed by atoms with E-state index in [0.29, 0.717) is 5.82 Å². The van der Waals surface area contributed by atoms with Gasteiger partial charge in [0.25, 0.3) is 0 Å². The molecule has 0 atom stereocenters. The molecule has 0 aliphatic rings. The van der Waals surface area contributed by atoms with Crippen molar-refractivity contribution in [2.75, 3.05) is 0 Å². The molecule has 0 spiro atoms. The molecular weight excluding hydrogens is 304 g/mol. The molecule has 2 aromatic rings. The van der Waals surface area contributed by atoms with Gasteiger partial charge < -0.3 is 10.3 Å². The summed E-state index contributed by atoms with van der Waals surface area (Å²) in [5.41, 5.74) is 6.31. The van der Waals surface area contributed by atoms with Gasteiger partial charge in [0.2, 0.25) is 0 Å². The van der Waals surface area contributed by atoms with E-state index in [0.717, 1.165) is 5.69 Å². The highest BCUT2D eigenvalue weighted by Gasteiger charge is 2.15. The maximum absolute atomic E-state index is 13.9. The minimum Gasteiger partial charge on any atom is -0.326 e. The molecule has 1 aromatic carbocycles. The molecular formula is C12H12BrF2N3. The minimum atomic E-state index is -0.592. The van der Waals surface area contributed by atoms with Crippen LogP contribution >= 0.6 is 15.9 Å². The van der Waals surface area contributed by atoms with Crippen LogP contribution in [-0.4, -0.2) is 9.55 Å². The Labute approximate surface area is 112 Å². The Morgan fingerprint density at radius 3 is 2.78 bits per heavy atom. The summed E-state index contributed by atoms with van der Waals surface area (Å²) in [6, 6.07) is 2.58. The van der Waals surface area contributed by atoms with Crippen molar-refractivity contribution in [3.63, 3.8) is 0 Å². The largest absolute Gasteiger partial charge is 0.326 e. The number of nitrogens with two attached hydrogens (primary N) is 1. The number of hydrogen-bond acceptors (Lipinski definition) is 2. The molecule has 2 N–H and O–H groups in total. The Morgan fingerprint density at radius 2 is 2.11 bits per heavy atom. The minimum absolute atomic E-state index is 0.000162. The molecule has 0 radical (unpaired) electrons. The van der Waals surface area contributed by atoms with Gasteiger partial charge in [-0.05, 0) is 35.0 Å². The highest BCUT2D eigenvalue weighted by Crippen LogP contribution is 2.23. The van der Waals surface area contributed by atoms with Crippen LogP contribution < -0.4 is 5.73 Å². The predicted molar refractivity (Wildman–Crippen MR) is 68.0 cm³/mol. The zero-order valence-electron chi connectivity index (χ0n) is 9.75. The summed E-state index contributed by atoms with van der Waals surface area (Å²) >= 11 is 3.05. The van der Waals surface area contributed by atoms with E-state index < -0.39 is 11.6 Å². The van der Waals surface area contributed by atoms with Crippen LogP contribution in [0.15, 0.2) is 22.8 Å². The van der Waals surface area contributed by atoms with Gasteiger partial charge in [-0.2, -0.15) is 0 Å². The lowest BCUT2D eigenvalue weighted by Gasteiger charge is -2.11. The molecule has 0 fully saturated rings. The van der Waals surface area contributed by atoms with Crippen LogP contribution in [0, 0.1) is 18.6 Å². The zero-order valence-corrected chi connectivity index (χ0v) is 11.3. The number of aromatic nitrogens is 2. The fraction of sp³-hybridized carbons (Fsp3) is 0.250. The molecule has 96 valence electrons. The maximum atomic E-state index is 13.9. The lowest BCUT2D eigenvalue weighted by molar-refractivity contribution is 0.535. The van der Waals surface area contributed by atoms with Gasteiger partial charge in [0.05, 0.1) is 16.7 Å². The first kappa shape index (κ1) is 13.2. The average molecular weight is 316 g/mol. The maximum Gasteiger partial charge on any atom is 0.145 e. The molecule has 2 rings (SSSR count). The second kappa shape index (κ2) is 5.16. The lowest BCUT2D eigenvalue weighted by atomic mass is 10.2. The van der Waals surface area contributed by atoms with Crippen molar-refractivity contribution < 1.29 is 8.78 Å². The third-order valence-corrected chi connectivity index (χ3v) is 3.41. The van der Waals surface area contributed by atoms with Gasteiger partial charge in [-0.3, -0.25) is 0 Å². The number of aryl methyl sites for hydroxylation is 1. The van der Waals surface area contributed by atoms with E-state index in [9.17, 15) is 8.78 Å². The summed E-state index contributed by atoms with van der Waals surface area (Å²) in [5, 5.41) is 0. The molecule has 3 nitrogen and oxygen atoms in total. The molecule has 1 heterocycles. The molecule has 6 heteroatoms. The van der Waals surface area contributed by atoms with Crippen molar-refractivity contribution in [3.8, 4) is 0 Å². The van der Waals surface area contributed by atoms with Crippen LogP contribution in [0.3, 0.4) is 0 Å². The molecule has 0 bridgehead atoms. The third kappa shape index (κ3) is 2.30. The first-order valence-electron chi connectivity index (χ1n) is 5.38. The van der Waals surface area contributed by atoms with E-state index in [2.05, 4.69) is 20.9 Å². The smallest absolute Gasteiger partial charge is 0.145 e. The van der Waals surface area contributed by atoms with Gasteiger partial charge in [-0.15, -0.1) is 0 Å². The van der Waals surface area contributed by atoms with Gasteiger partial charge in [-0.1, -0.05) is 0 Å². The Kier molecular flexibility index (Phi) is 3.77. The molecule has 0 aliphatic carbocycles. The second-order valence-electron chi connectivity index (χ2n) is 3.91. The summed E-state index contributed by atoms with van der Waals surface area (Å²) in [4.78, 5) is 4.09. The number of imidazole rings is 1. The fourth-order valence-electron chi connectivity index (χ4n) is 1.77. The Morgan fingerprint density at radius 1 is 1.39 bits per heavy atom. The summed E-state index contributed by atoms with van der Waals surface area (Å²) in [6.45, 7) is 2.13. The summed E-state index contributed by atoms with van der Waals surface area (Å²) < 4.78 is 29.5. The average Bonchev–Trinajstić information content (AvgIpc) is 2.70. The Bertz CT molecular complexity index is 581. The molecule has 0 saturated carbocycles. The monoisotopic (exact) mass is 315 g/mol. The molecule has 18 heavy (non-hydrogen) atoms. The lowest BCUT2D eigenvalue weighted by Crippen LogP contribution is -2.12. The number of rotatable bonds is 3. The van der Waals surface area contributed by atoms with Crippen molar-refractivity contribution in [3.05, 3.63) is 51.5 Å². The van der Waals surface area contributed by atoms with Crippen LogP contribution in [0.2, 0.25) is 0 Å². The van der Waals surface area contributed by atoms with E-state index in [1.807, 2.05) is 0 Å². The number of halogens is 3. The SMILES string of the molecule is Cc1ncc(CN)n1Cc1c(F)ccc(Br)c1F. The van der Waals surface area contributed by atoms with Crippen LogP contribution in [0.1, 0.15) is 17.1 Å². The topological polar surface area (TPSA) is 43.8 Å². The van der Waals surface area contributed by atoms with Crippen LogP contribution in [0.25, 0.3) is 0 Å². The first-order valence-corrected chi connectivity index (χ1v) is 6.17. The molecule has 0 unspecified atom stereocenters. The normalized spacial score (nSPS) is 10.9. The van der Waals surface area contributed by atoms with Crippen LogP contribution in [-0.2, 0) is 13.1 Å². The molecule has 1 aromatic heterocycles. The fourth-order valence-corrected chi connectivity index (χ4v) is 2.14. The zero-order chi connectivity index (χ0) is 13.3. The van der Waals surface area contributed by atoms with E-state index in [-0.39, 0.29) is 23.1 Å². The first-order chi connectivity index (χ1) is 8.54. The predicted octanol–water partition coefficient (Wildman–Crippen LogP) is 2.74. The van der Waals surface area contributed by atoms with Gasteiger partial charge >= 0.3 is 0 Å². The number of benzene rings is 1. The molecule has 0 saturated heterocycles. The van der Waals surface area contributed by atoms with Gasteiger partial charge in [-0.25, -0.2) is 13.8 Å². The Hall–Kier alpha value is -1.27. The number of nitrogens with zero attached hydrogens (tertiary/aromatic N) is 2. The second-order valence-corrected chi connectivity index (χ2v) is 4.76. The van der Waals surface area contributed by atoms with Crippen molar-refractivity contribution in [1.29, 1.82) is 0 Å². The summed E-state index contributed by atoms with van der Waals surface area (Å²) in [5.74, 6) is -0.493.